The molecule has 0 aromatic rings. The van der Waals surface area contributed by atoms with Crippen LogP contribution in [-0.2, 0) is 13.8 Å². The molecule has 5 unspecified atom stereocenters. The van der Waals surface area contributed by atoms with Crippen LogP contribution in [0.25, 0.3) is 0 Å². The number of ether oxygens (including phenoxy) is 1. The lowest BCUT2D eigenvalue weighted by atomic mass is 9.93. The molecule has 0 radical (unpaired) electrons. The van der Waals surface area contributed by atoms with Crippen molar-refractivity contribution in [3.63, 3.8) is 0 Å². The van der Waals surface area contributed by atoms with Gasteiger partial charge < -0.3 is 29.8 Å². The molecule has 0 saturated carbocycles. The van der Waals surface area contributed by atoms with E-state index in [0.29, 0.717) is 12.8 Å². The van der Waals surface area contributed by atoms with Crippen LogP contribution in [0.2, 0.25) is 0 Å². The zero-order chi connectivity index (χ0) is 13.9. The number of hydrogen-bond acceptors (Lipinski definition) is 6. The first-order chi connectivity index (χ1) is 8.26. The van der Waals surface area contributed by atoms with Crippen molar-refractivity contribution < 1.29 is 38.9 Å². The quantitative estimate of drug-likeness (QED) is 0.395. The van der Waals surface area contributed by atoms with Crippen LogP contribution in [0.3, 0.4) is 0 Å². The fourth-order valence-electron chi connectivity index (χ4n) is 1.86. The van der Waals surface area contributed by atoms with Gasteiger partial charge in [0.25, 0.3) is 0 Å². The first kappa shape index (κ1) is 16.0. The number of phosphoric acid groups is 1. The van der Waals surface area contributed by atoms with Crippen molar-refractivity contribution in [3.05, 3.63) is 0 Å². The third-order valence-electron chi connectivity index (χ3n) is 2.79. The Labute approximate surface area is 104 Å². The van der Waals surface area contributed by atoms with Crippen LogP contribution in [0, 0.1) is 0 Å². The molecular weight excluding hydrogens is 267 g/mol. The topological polar surface area (TPSA) is 137 Å². The van der Waals surface area contributed by atoms with Gasteiger partial charge in [-0.2, -0.15) is 0 Å². The molecule has 1 saturated heterocycles. The average Bonchev–Trinajstić information content (AvgIpc) is 2.27. The lowest BCUT2D eigenvalue weighted by molar-refractivity contribution is -0.229. The van der Waals surface area contributed by atoms with Crippen molar-refractivity contribution >= 4 is 7.82 Å². The molecule has 0 aromatic heterocycles. The van der Waals surface area contributed by atoms with E-state index >= 15 is 0 Å². The van der Waals surface area contributed by atoms with E-state index in [1.165, 1.54) is 0 Å². The molecule has 0 spiro atoms. The third-order valence-corrected chi connectivity index (χ3v) is 3.28. The number of rotatable bonds is 5. The van der Waals surface area contributed by atoms with Gasteiger partial charge in [-0.25, -0.2) is 4.57 Å². The van der Waals surface area contributed by atoms with Gasteiger partial charge in [-0.3, -0.25) is 4.52 Å². The van der Waals surface area contributed by atoms with Crippen molar-refractivity contribution in [3.8, 4) is 0 Å². The lowest BCUT2D eigenvalue weighted by Crippen LogP contribution is -2.58. The molecule has 1 aliphatic heterocycles. The van der Waals surface area contributed by atoms with E-state index in [1.54, 1.807) is 0 Å². The molecule has 1 aliphatic rings. The average molecular weight is 286 g/mol. The fourth-order valence-corrected chi connectivity index (χ4v) is 2.20. The van der Waals surface area contributed by atoms with Crippen LogP contribution in [-0.4, -0.2) is 62.2 Å². The maximum atomic E-state index is 10.6. The van der Waals surface area contributed by atoms with Crippen LogP contribution in [0.4, 0.5) is 0 Å². The predicted molar refractivity (Wildman–Crippen MR) is 59.6 cm³/mol. The van der Waals surface area contributed by atoms with Crippen molar-refractivity contribution in [1.82, 2.24) is 0 Å². The maximum Gasteiger partial charge on any atom is 0.469 e. The van der Waals surface area contributed by atoms with E-state index in [0.717, 1.165) is 0 Å². The molecule has 9 heteroatoms. The summed E-state index contributed by atoms with van der Waals surface area (Å²) in [6.45, 7) is 1.30. The lowest BCUT2D eigenvalue weighted by Gasteiger charge is -2.40. The highest BCUT2D eigenvalue weighted by molar-refractivity contribution is 7.46. The minimum atomic E-state index is -4.66. The van der Waals surface area contributed by atoms with Gasteiger partial charge >= 0.3 is 7.82 Å². The SMILES string of the molecule is CCCC1OC(COP(=O)(O)O)C(O)C(O)C1O. The highest BCUT2D eigenvalue weighted by Crippen LogP contribution is 2.37. The van der Waals surface area contributed by atoms with Gasteiger partial charge in [0, 0.05) is 0 Å². The standard InChI is InChI=1S/C9H19O8P/c1-2-3-5-7(10)9(12)8(11)6(17-5)4-16-18(13,14)15/h5-12H,2-4H2,1H3,(H2,13,14,15). The van der Waals surface area contributed by atoms with Crippen LogP contribution in [0.1, 0.15) is 19.8 Å². The van der Waals surface area contributed by atoms with E-state index in [-0.39, 0.29) is 0 Å². The highest BCUT2D eigenvalue weighted by Gasteiger charge is 2.43. The summed E-state index contributed by atoms with van der Waals surface area (Å²) in [5.41, 5.74) is 0. The number of aliphatic hydroxyl groups excluding tert-OH is 3. The smallest absolute Gasteiger partial charge is 0.388 e. The molecule has 1 rings (SSSR count). The number of hydrogen-bond donors (Lipinski definition) is 5. The Balaban J connectivity index is 2.64. The Hall–Kier alpha value is -0.0500. The van der Waals surface area contributed by atoms with Gasteiger partial charge in [-0.15, -0.1) is 0 Å². The van der Waals surface area contributed by atoms with E-state index in [2.05, 4.69) is 4.52 Å². The van der Waals surface area contributed by atoms with Crippen molar-refractivity contribution in [2.75, 3.05) is 6.61 Å². The zero-order valence-electron chi connectivity index (χ0n) is 9.92. The van der Waals surface area contributed by atoms with Crippen molar-refractivity contribution in [2.24, 2.45) is 0 Å². The first-order valence-corrected chi connectivity index (χ1v) is 7.19. The summed E-state index contributed by atoms with van der Waals surface area (Å²) in [6.07, 6.45) is -4.76. The summed E-state index contributed by atoms with van der Waals surface area (Å²) >= 11 is 0. The molecule has 0 aliphatic carbocycles. The van der Waals surface area contributed by atoms with Gasteiger partial charge in [-0.05, 0) is 6.42 Å². The summed E-state index contributed by atoms with van der Waals surface area (Å²) in [4.78, 5) is 17.1. The molecule has 0 aromatic carbocycles. The van der Waals surface area contributed by atoms with Gasteiger partial charge in [0.2, 0.25) is 0 Å². The van der Waals surface area contributed by atoms with E-state index in [9.17, 15) is 19.9 Å². The summed E-state index contributed by atoms with van der Waals surface area (Å²) in [6, 6.07) is 0. The maximum absolute atomic E-state index is 10.6. The summed E-state index contributed by atoms with van der Waals surface area (Å²) in [7, 11) is -4.66. The summed E-state index contributed by atoms with van der Waals surface area (Å²) < 4.78 is 20.1. The van der Waals surface area contributed by atoms with Gasteiger partial charge in [0.15, 0.2) is 0 Å². The summed E-state index contributed by atoms with van der Waals surface area (Å²) in [5, 5.41) is 28.9. The normalized spacial score (nSPS) is 37.8. The van der Waals surface area contributed by atoms with Gasteiger partial charge in [0.05, 0.1) is 12.7 Å². The second-order valence-corrected chi connectivity index (χ2v) is 5.50. The van der Waals surface area contributed by atoms with Gasteiger partial charge in [0.1, 0.15) is 24.4 Å². The molecule has 18 heavy (non-hydrogen) atoms. The molecule has 5 N–H and O–H groups in total. The Morgan fingerprint density at radius 3 is 2.17 bits per heavy atom. The Bertz CT molecular complexity index is 305. The molecule has 0 bridgehead atoms. The second-order valence-electron chi connectivity index (χ2n) is 4.26. The molecule has 108 valence electrons. The molecule has 5 atom stereocenters. The van der Waals surface area contributed by atoms with Gasteiger partial charge in [-0.1, -0.05) is 13.3 Å². The predicted octanol–water partition coefficient (Wildman–Crippen LogP) is -1.25. The molecule has 8 nitrogen and oxygen atoms in total. The van der Waals surface area contributed by atoms with Crippen LogP contribution < -0.4 is 0 Å². The second kappa shape index (κ2) is 6.40. The molecular formula is C9H19O8P. The molecule has 1 heterocycles. The Kier molecular flexibility index (Phi) is 5.69. The van der Waals surface area contributed by atoms with Crippen LogP contribution in [0.15, 0.2) is 0 Å². The Morgan fingerprint density at radius 1 is 1.11 bits per heavy atom. The van der Waals surface area contributed by atoms with E-state index in [4.69, 9.17) is 14.5 Å². The summed E-state index contributed by atoms with van der Waals surface area (Å²) in [5.74, 6) is 0. The van der Waals surface area contributed by atoms with Crippen molar-refractivity contribution in [1.29, 1.82) is 0 Å². The zero-order valence-corrected chi connectivity index (χ0v) is 10.8. The van der Waals surface area contributed by atoms with E-state index < -0.39 is 44.9 Å². The highest BCUT2D eigenvalue weighted by atomic mass is 31.2. The molecule has 0 amide bonds. The number of aliphatic hydroxyl groups is 3. The first-order valence-electron chi connectivity index (χ1n) is 5.66. The van der Waals surface area contributed by atoms with E-state index in [1.807, 2.05) is 6.92 Å². The Morgan fingerprint density at radius 2 is 1.67 bits per heavy atom. The van der Waals surface area contributed by atoms with Crippen LogP contribution in [0.5, 0.6) is 0 Å². The number of phosphoric ester groups is 1. The minimum Gasteiger partial charge on any atom is -0.388 e. The largest absolute Gasteiger partial charge is 0.469 e. The monoisotopic (exact) mass is 286 g/mol. The minimum absolute atomic E-state index is 0.456. The molecule has 1 fully saturated rings. The third kappa shape index (κ3) is 4.25. The fraction of sp³-hybridized carbons (Fsp3) is 1.00. The van der Waals surface area contributed by atoms with Crippen LogP contribution >= 0.6 is 7.82 Å². The van der Waals surface area contributed by atoms with Crippen molar-refractivity contribution in [2.45, 2.75) is 50.3 Å².